The van der Waals surface area contributed by atoms with Crippen LogP contribution in [0.2, 0.25) is 0 Å². The van der Waals surface area contributed by atoms with Crippen molar-refractivity contribution >= 4 is 47.4 Å². The number of nitrogens with zero attached hydrogens (tertiary/aromatic N) is 1. The standard InChI is InChI=1S/C18H21BrN2O5S2/c1-12-6-5-7-13(2)18(12)20-17(22)11-21(3)28(25,26)16-10-14(27(4,23)24)8-9-15(16)19/h5-10H,11H2,1-4H3,(H,20,22). The predicted octanol–water partition coefficient (Wildman–Crippen LogP) is 2.73. The Kier molecular flexibility index (Phi) is 6.70. The Morgan fingerprint density at radius 3 is 2.18 bits per heavy atom. The molecule has 0 radical (unpaired) electrons. The average molecular weight is 489 g/mol. The summed E-state index contributed by atoms with van der Waals surface area (Å²) in [5.41, 5.74) is 2.36. The average Bonchev–Trinajstić information content (AvgIpc) is 2.57. The van der Waals surface area contributed by atoms with Crippen LogP contribution in [-0.2, 0) is 24.7 Å². The number of benzene rings is 2. The molecule has 10 heteroatoms. The Balaban J connectivity index is 2.28. The molecule has 0 unspecified atom stereocenters. The second-order valence-electron chi connectivity index (χ2n) is 6.44. The maximum absolute atomic E-state index is 12.9. The minimum atomic E-state index is -4.10. The molecule has 0 spiro atoms. The highest BCUT2D eigenvalue weighted by Crippen LogP contribution is 2.27. The van der Waals surface area contributed by atoms with Gasteiger partial charge in [0.05, 0.1) is 16.3 Å². The summed E-state index contributed by atoms with van der Waals surface area (Å²) in [6.45, 7) is 3.26. The molecule has 28 heavy (non-hydrogen) atoms. The van der Waals surface area contributed by atoms with Gasteiger partial charge in [-0.15, -0.1) is 0 Å². The van der Waals surface area contributed by atoms with Gasteiger partial charge in [0.1, 0.15) is 0 Å². The number of hydrogen-bond acceptors (Lipinski definition) is 5. The monoisotopic (exact) mass is 488 g/mol. The highest BCUT2D eigenvalue weighted by molar-refractivity contribution is 9.10. The molecule has 0 bridgehead atoms. The number of carbonyl (C=O) groups is 1. The fraction of sp³-hybridized carbons (Fsp3) is 0.278. The third-order valence-corrected chi connectivity index (χ3v) is 8.04. The number of carbonyl (C=O) groups excluding carboxylic acids is 1. The maximum atomic E-state index is 12.9. The molecule has 0 heterocycles. The van der Waals surface area contributed by atoms with Crippen molar-refractivity contribution < 1.29 is 21.6 Å². The van der Waals surface area contributed by atoms with Crippen LogP contribution in [0.3, 0.4) is 0 Å². The molecule has 2 aromatic rings. The second-order valence-corrected chi connectivity index (χ2v) is 11.3. The van der Waals surface area contributed by atoms with Gasteiger partial charge in [0.25, 0.3) is 0 Å². The van der Waals surface area contributed by atoms with Crippen molar-refractivity contribution in [1.29, 1.82) is 0 Å². The molecular formula is C18H21BrN2O5S2. The van der Waals surface area contributed by atoms with Crippen LogP contribution in [0.5, 0.6) is 0 Å². The van der Waals surface area contributed by atoms with Gasteiger partial charge >= 0.3 is 0 Å². The Hall–Kier alpha value is -1.75. The number of anilines is 1. The van der Waals surface area contributed by atoms with Crippen LogP contribution in [-0.4, -0.2) is 46.9 Å². The number of para-hydroxylation sites is 1. The van der Waals surface area contributed by atoms with Crippen molar-refractivity contribution in [2.75, 3.05) is 25.2 Å². The second kappa shape index (κ2) is 8.32. The highest BCUT2D eigenvalue weighted by atomic mass is 79.9. The summed E-state index contributed by atoms with van der Waals surface area (Å²) in [5, 5.41) is 2.73. The lowest BCUT2D eigenvalue weighted by Gasteiger charge is -2.19. The summed E-state index contributed by atoms with van der Waals surface area (Å²) in [6, 6.07) is 9.30. The summed E-state index contributed by atoms with van der Waals surface area (Å²) in [6.07, 6.45) is 0.994. The Morgan fingerprint density at radius 1 is 1.07 bits per heavy atom. The van der Waals surface area contributed by atoms with Crippen LogP contribution >= 0.6 is 15.9 Å². The molecule has 0 aliphatic heterocycles. The fourth-order valence-electron chi connectivity index (χ4n) is 2.56. The van der Waals surface area contributed by atoms with E-state index in [0.29, 0.717) is 5.69 Å². The number of sulfone groups is 1. The number of likely N-dealkylation sites (N-methyl/N-ethyl adjacent to an activating group) is 1. The van der Waals surface area contributed by atoms with Gasteiger partial charge in [0, 0.05) is 23.5 Å². The molecule has 0 aliphatic carbocycles. The van der Waals surface area contributed by atoms with Gasteiger partial charge < -0.3 is 5.32 Å². The molecule has 0 atom stereocenters. The van der Waals surface area contributed by atoms with Crippen molar-refractivity contribution in [2.45, 2.75) is 23.6 Å². The number of amides is 1. The van der Waals surface area contributed by atoms with Gasteiger partial charge in [-0.3, -0.25) is 4.79 Å². The van der Waals surface area contributed by atoms with Crippen LogP contribution in [0.4, 0.5) is 5.69 Å². The molecule has 0 aliphatic rings. The smallest absolute Gasteiger partial charge is 0.244 e. The van der Waals surface area contributed by atoms with Gasteiger partial charge in [0.15, 0.2) is 9.84 Å². The van der Waals surface area contributed by atoms with Crippen LogP contribution in [0.15, 0.2) is 50.7 Å². The highest BCUT2D eigenvalue weighted by Gasteiger charge is 2.27. The molecule has 0 saturated carbocycles. The van der Waals surface area contributed by atoms with E-state index in [2.05, 4.69) is 21.2 Å². The van der Waals surface area contributed by atoms with Crippen molar-refractivity contribution in [3.8, 4) is 0 Å². The SMILES string of the molecule is Cc1cccc(C)c1NC(=O)CN(C)S(=O)(=O)c1cc(S(C)(=O)=O)ccc1Br. The molecule has 1 amide bonds. The first-order valence-electron chi connectivity index (χ1n) is 8.16. The van der Waals surface area contributed by atoms with E-state index in [0.717, 1.165) is 27.8 Å². The summed E-state index contributed by atoms with van der Waals surface area (Å²) >= 11 is 3.14. The lowest BCUT2D eigenvalue weighted by atomic mass is 10.1. The molecule has 2 aromatic carbocycles. The zero-order valence-corrected chi connectivity index (χ0v) is 19.1. The van der Waals surface area contributed by atoms with E-state index in [9.17, 15) is 21.6 Å². The molecule has 7 nitrogen and oxygen atoms in total. The number of sulfonamides is 1. The van der Waals surface area contributed by atoms with E-state index in [4.69, 9.17) is 0 Å². The van der Waals surface area contributed by atoms with Crippen molar-refractivity contribution in [2.24, 2.45) is 0 Å². The Morgan fingerprint density at radius 2 is 1.64 bits per heavy atom. The molecule has 0 aromatic heterocycles. The third kappa shape index (κ3) is 4.99. The van der Waals surface area contributed by atoms with Crippen LogP contribution in [0.1, 0.15) is 11.1 Å². The zero-order chi connectivity index (χ0) is 21.3. The zero-order valence-electron chi connectivity index (χ0n) is 15.9. The first-order chi connectivity index (χ1) is 12.8. The number of halogens is 1. The van der Waals surface area contributed by atoms with Gasteiger partial charge in [-0.1, -0.05) is 18.2 Å². The fourth-order valence-corrected chi connectivity index (χ4v) is 5.35. The van der Waals surface area contributed by atoms with Crippen LogP contribution in [0, 0.1) is 13.8 Å². The third-order valence-electron chi connectivity index (χ3n) is 4.13. The summed E-state index contributed by atoms with van der Waals surface area (Å²) in [4.78, 5) is 12.0. The Bertz CT molecular complexity index is 1110. The van der Waals surface area contributed by atoms with Gasteiger partial charge in [-0.05, 0) is 59.1 Å². The number of nitrogens with one attached hydrogen (secondary N) is 1. The summed E-state index contributed by atoms with van der Waals surface area (Å²) in [5.74, 6) is -0.501. The topological polar surface area (TPSA) is 101 Å². The van der Waals surface area contributed by atoms with E-state index in [1.807, 2.05) is 32.0 Å². The van der Waals surface area contributed by atoms with Crippen molar-refractivity contribution in [3.63, 3.8) is 0 Å². The molecule has 0 saturated heterocycles. The largest absolute Gasteiger partial charge is 0.324 e. The van der Waals surface area contributed by atoms with E-state index < -0.39 is 32.3 Å². The molecule has 2 rings (SSSR count). The maximum Gasteiger partial charge on any atom is 0.244 e. The lowest BCUT2D eigenvalue weighted by molar-refractivity contribution is -0.116. The van der Waals surface area contributed by atoms with Crippen molar-refractivity contribution in [1.82, 2.24) is 4.31 Å². The minimum Gasteiger partial charge on any atom is -0.324 e. The molecular weight excluding hydrogens is 468 g/mol. The van der Waals surface area contributed by atoms with E-state index in [-0.39, 0.29) is 14.3 Å². The van der Waals surface area contributed by atoms with Gasteiger partial charge in [0.2, 0.25) is 15.9 Å². The molecule has 152 valence electrons. The van der Waals surface area contributed by atoms with Gasteiger partial charge in [-0.2, -0.15) is 4.31 Å². The van der Waals surface area contributed by atoms with Crippen LogP contribution < -0.4 is 5.32 Å². The first kappa shape index (κ1) is 22.5. The number of aryl methyl sites for hydroxylation is 2. The normalized spacial score (nSPS) is 12.2. The van der Waals surface area contributed by atoms with E-state index >= 15 is 0 Å². The van der Waals surface area contributed by atoms with E-state index in [1.54, 1.807) is 0 Å². The van der Waals surface area contributed by atoms with E-state index in [1.165, 1.54) is 19.2 Å². The Labute approximate surface area is 173 Å². The number of hydrogen-bond donors (Lipinski definition) is 1. The number of rotatable bonds is 6. The van der Waals surface area contributed by atoms with Crippen LogP contribution in [0.25, 0.3) is 0 Å². The molecule has 1 N–H and O–H groups in total. The van der Waals surface area contributed by atoms with Crippen molar-refractivity contribution in [3.05, 3.63) is 52.0 Å². The molecule has 0 fully saturated rings. The predicted molar refractivity (Wildman–Crippen MR) is 112 cm³/mol. The quantitative estimate of drug-likeness (QED) is 0.673. The summed E-state index contributed by atoms with van der Waals surface area (Å²) < 4.78 is 50.3. The summed E-state index contributed by atoms with van der Waals surface area (Å²) in [7, 11) is -6.42. The minimum absolute atomic E-state index is 0.123. The lowest BCUT2D eigenvalue weighted by Crippen LogP contribution is -2.35. The van der Waals surface area contributed by atoms with Gasteiger partial charge in [-0.25, -0.2) is 16.8 Å². The first-order valence-corrected chi connectivity index (χ1v) is 12.3.